The Bertz CT molecular complexity index is 1250. The van der Waals surface area contributed by atoms with Crippen molar-refractivity contribution in [3.8, 4) is 0 Å². The number of fused-ring (bicyclic) bond motifs is 1. The highest BCUT2D eigenvalue weighted by Crippen LogP contribution is 2.27. The molecule has 33 heavy (non-hydrogen) atoms. The molecule has 176 valence electrons. The molecule has 0 radical (unpaired) electrons. The molecule has 2 aromatic carbocycles. The van der Waals surface area contributed by atoms with E-state index in [1.807, 2.05) is 35.8 Å². The third-order valence-electron chi connectivity index (χ3n) is 5.64. The highest BCUT2D eigenvalue weighted by molar-refractivity contribution is 7.89. The summed E-state index contributed by atoms with van der Waals surface area (Å²) in [6.45, 7) is 4.76. The third-order valence-corrected chi connectivity index (χ3v) is 7.86. The maximum atomic E-state index is 13.2. The van der Waals surface area contributed by atoms with E-state index in [9.17, 15) is 13.2 Å². The number of hydrogen-bond donors (Lipinski definition) is 1. The molecule has 1 aliphatic rings. The Morgan fingerprint density at radius 3 is 2.70 bits per heavy atom. The molecule has 3 aromatic rings. The molecule has 2 heterocycles. The van der Waals surface area contributed by atoms with Crippen LogP contribution in [-0.4, -0.2) is 54.5 Å². The lowest BCUT2D eigenvalue weighted by Gasteiger charge is -2.16. The van der Waals surface area contributed by atoms with Gasteiger partial charge in [-0.1, -0.05) is 23.7 Å². The lowest BCUT2D eigenvalue weighted by Crippen LogP contribution is -2.28. The first-order valence-electron chi connectivity index (χ1n) is 11.1. The molecule has 1 aliphatic heterocycles. The molecule has 0 atom stereocenters. The van der Waals surface area contributed by atoms with Gasteiger partial charge in [0.25, 0.3) is 5.91 Å². The Morgan fingerprint density at radius 1 is 1.18 bits per heavy atom. The van der Waals surface area contributed by atoms with Gasteiger partial charge in [0.15, 0.2) is 0 Å². The maximum Gasteiger partial charge on any atom is 0.259 e. The third kappa shape index (κ3) is 5.06. The van der Waals surface area contributed by atoms with Crippen molar-refractivity contribution in [2.24, 2.45) is 0 Å². The minimum absolute atomic E-state index is 0.0594. The number of carbonyl (C=O) groups excluding carboxylic acids is 1. The fraction of sp³-hybridized carbons (Fsp3) is 0.391. The molecular weight excluding hydrogens is 464 g/mol. The number of aromatic nitrogens is 2. The summed E-state index contributed by atoms with van der Waals surface area (Å²) in [7, 11) is -3.67. The summed E-state index contributed by atoms with van der Waals surface area (Å²) in [4.78, 5) is 17.8. The monoisotopic (exact) mass is 490 g/mol. The molecule has 8 nitrogen and oxygen atoms in total. The van der Waals surface area contributed by atoms with Gasteiger partial charge in [-0.3, -0.25) is 10.1 Å². The van der Waals surface area contributed by atoms with Crippen LogP contribution in [0.25, 0.3) is 11.0 Å². The number of rotatable bonds is 9. The molecule has 1 saturated heterocycles. The molecule has 0 spiro atoms. The molecule has 1 fully saturated rings. The number of ether oxygens (including phenoxy) is 1. The number of aryl methyl sites for hydroxylation is 1. The first kappa shape index (κ1) is 23.7. The molecule has 0 unspecified atom stereocenters. The maximum absolute atomic E-state index is 13.2. The van der Waals surface area contributed by atoms with Crippen LogP contribution in [0, 0.1) is 0 Å². The summed E-state index contributed by atoms with van der Waals surface area (Å²) < 4.78 is 34.7. The van der Waals surface area contributed by atoms with E-state index in [1.54, 1.807) is 0 Å². The quantitative estimate of drug-likeness (QED) is 0.455. The van der Waals surface area contributed by atoms with Crippen molar-refractivity contribution in [2.45, 2.75) is 37.6 Å². The first-order valence-corrected chi connectivity index (χ1v) is 12.9. The Labute approximate surface area is 198 Å². The summed E-state index contributed by atoms with van der Waals surface area (Å²) in [5.41, 5.74) is 1.73. The second kappa shape index (κ2) is 10.2. The summed E-state index contributed by atoms with van der Waals surface area (Å²) in [5.74, 6) is -0.138. The van der Waals surface area contributed by atoms with Crippen LogP contribution in [0.4, 0.5) is 5.95 Å². The van der Waals surface area contributed by atoms with Crippen LogP contribution >= 0.6 is 11.6 Å². The van der Waals surface area contributed by atoms with Crippen molar-refractivity contribution in [3.63, 3.8) is 0 Å². The Morgan fingerprint density at radius 2 is 1.94 bits per heavy atom. The van der Waals surface area contributed by atoms with E-state index in [1.165, 1.54) is 22.5 Å². The van der Waals surface area contributed by atoms with Crippen molar-refractivity contribution in [3.05, 3.63) is 53.1 Å². The van der Waals surface area contributed by atoms with Gasteiger partial charge in [0.2, 0.25) is 16.0 Å². The Balaban J connectivity index is 1.62. The molecule has 1 amide bonds. The summed E-state index contributed by atoms with van der Waals surface area (Å²) in [5, 5.41) is 3.00. The minimum atomic E-state index is -3.67. The zero-order valence-electron chi connectivity index (χ0n) is 18.5. The van der Waals surface area contributed by atoms with E-state index in [0.29, 0.717) is 38.8 Å². The smallest absolute Gasteiger partial charge is 0.259 e. The van der Waals surface area contributed by atoms with Crippen molar-refractivity contribution in [2.75, 3.05) is 31.6 Å². The number of amides is 1. The van der Waals surface area contributed by atoms with Crippen LogP contribution in [0.1, 0.15) is 36.5 Å². The zero-order valence-corrected chi connectivity index (χ0v) is 20.0. The topological polar surface area (TPSA) is 93.5 Å². The molecule has 0 bridgehead atoms. The van der Waals surface area contributed by atoms with Crippen LogP contribution in [0.5, 0.6) is 0 Å². The highest BCUT2D eigenvalue weighted by atomic mass is 35.5. The molecule has 1 aromatic heterocycles. The van der Waals surface area contributed by atoms with Gasteiger partial charge in [-0.05, 0) is 56.5 Å². The van der Waals surface area contributed by atoms with E-state index >= 15 is 0 Å². The number of hydrogen-bond acceptors (Lipinski definition) is 5. The average molecular weight is 491 g/mol. The predicted octanol–water partition coefficient (Wildman–Crippen LogP) is 4.15. The molecule has 10 heteroatoms. The van der Waals surface area contributed by atoms with Gasteiger partial charge in [0.05, 0.1) is 26.5 Å². The average Bonchev–Trinajstić information content (AvgIpc) is 3.46. The molecular formula is C23H27ClN4O4S. The van der Waals surface area contributed by atoms with Gasteiger partial charge in [-0.25, -0.2) is 13.4 Å². The van der Waals surface area contributed by atoms with E-state index in [0.717, 1.165) is 30.3 Å². The number of anilines is 1. The fourth-order valence-electron chi connectivity index (χ4n) is 3.95. The summed E-state index contributed by atoms with van der Waals surface area (Å²) in [6.07, 6.45) is 2.42. The second-order valence-corrected chi connectivity index (χ2v) is 10.2. The molecule has 0 saturated carbocycles. The molecule has 4 rings (SSSR count). The van der Waals surface area contributed by atoms with Crippen LogP contribution in [-0.2, 0) is 21.3 Å². The van der Waals surface area contributed by atoms with Gasteiger partial charge in [0.1, 0.15) is 0 Å². The number of nitrogens with one attached hydrogen (secondary N) is 1. The van der Waals surface area contributed by atoms with E-state index in [-0.39, 0.29) is 15.5 Å². The summed E-state index contributed by atoms with van der Waals surface area (Å²) >= 11 is 6.29. The number of para-hydroxylation sites is 2. The Kier molecular flexibility index (Phi) is 7.33. The van der Waals surface area contributed by atoms with Crippen molar-refractivity contribution >= 4 is 44.5 Å². The number of nitrogens with zero attached hydrogens (tertiary/aromatic N) is 3. The fourth-order valence-corrected chi connectivity index (χ4v) is 5.70. The lowest BCUT2D eigenvalue weighted by molar-refractivity contribution is 0.102. The predicted molar refractivity (Wildman–Crippen MR) is 128 cm³/mol. The number of sulfonamides is 1. The van der Waals surface area contributed by atoms with E-state index in [4.69, 9.17) is 16.3 Å². The largest absolute Gasteiger partial charge is 0.382 e. The van der Waals surface area contributed by atoms with Crippen molar-refractivity contribution in [1.29, 1.82) is 0 Å². The van der Waals surface area contributed by atoms with Gasteiger partial charge in [0, 0.05) is 32.8 Å². The molecule has 1 N–H and O–H groups in total. The number of benzene rings is 2. The number of carbonyl (C=O) groups is 1. The standard InChI is InChI=1S/C23H27ClN4O4S/c1-2-32-15-7-14-28-21-9-4-3-8-20(21)25-23(28)26-22(29)18-16-17(10-11-19(18)24)33(30,31)27-12-5-6-13-27/h3-4,8-11,16H,2,5-7,12-15H2,1H3,(H,25,26,29). The van der Waals surface area contributed by atoms with Crippen LogP contribution in [0.3, 0.4) is 0 Å². The van der Waals surface area contributed by atoms with Gasteiger partial charge in [-0.15, -0.1) is 0 Å². The van der Waals surface area contributed by atoms with Gasteiger partial charge in [-0.2, -0.15) is 4.31 Å². The number of halogens is 1. The van der Waals surface area contributed by atoms with E-state index < -0.39 is 15.9 Å². The van der Waals surface area contributed by atoms with Crippen LogP contribution in [0.2, 0.25) is 5.02 Å². The summed E-state index contributed by atoms with van der Waals surface area (Å²) in [6, 6.07) is 11.8. The van der Waals surface area contributed by atoms with Crippen LogP contribution in [0.15, 0.2) is 47.4 Å². The normalized spacial score (nSPS) is 14.7. The number of imidazole rings is 1. The molecule has 0 aliphatic carbocycles. The minimum Gasteiger partial charge on any atom is -0.382 e. The van der Waals surface area contributed by atoms with Gasteiger partial charge < -0.3 is 9.30 Å². The van der Waals surface area contributed by atoms with Gasteiger partial charge >= 0.3 is 0 Å². The van der Waals surface area contributed by atoms with Crippen LogP contribution < -0.4 is 5.32 Å². The zero-order chi connectivity index (χ0) is 23.4. The first-order chi connectivity index (χ1) is 15.9. The highest BCUT2D eigenvalue weighted by Gasteiger charge is 2.28. The Hall–Kier alpha value is -2.46. The SMILES string of the molecule is CCOCCCn1c(NC(=O)c2cc(S(=O)(=O)N3CCCC3)ccc2Cl)nc2ccccc21. The van der Waals surface area contributed by atoms with Crippen molar-refractivity contribution in [1.82, 2.24) is 13.9 Å². The van der Waals surface area contributed by atoms with Crippen molar-refractivity contribution < 1.29 is 17.9 Å². The lowest BCUT2D eigenvalue weighted by atomic mass is 10.2. The van der Waals surface area contributed by atoms with E-state index in [2.05, 4.69) is 10.3 Å². The second-order valence-electron chi connectivity index (χ2n) is 7.83.